The molecular weight excluding hydrogens is 316 g/mol. The van der Waals surface area contributed by atoms with Gasteiger partial charge in [0.25, 0.3) is 5.91 Å². The van der Waals surface area contributed by atoms with Gasteiger partial charge in [-0.25, -0.2) is 0 Å². The molecule has 0 saturated heterocycles. The number of nitrogens with zero attached hydrogens (tertiary/aromatic N) is 1. The first-order valence-electron chi connectivity index (χ1n) is 7.90. The molecule has 2 N–H and O–H groups in total. The fourth-order valence-electron chi connectivity index (χ4n) is 2.22. The van der Waals surface area contributed by atoms with Crippen molar-refractivity contribution in [3.8, 4) is 17.6 Å². The van der Waals surface area contributed by atoms with Gasteiger partial charge in [0.05, 0.1) is 6.61 Å². The molecule has 2 rings (SSSR count). The standard InChI is InChI=1S/C20H20N2O3/c1-4-25-19-11-15(6-8-18(19)23)10-16(12-21)20(24)22-17-7-5-13(2)14(3)9-17/h5-11,23H,4H2,1-3H3,(H,22,24)/b16-10+. The van der Waals surface area contributed by atoms with Crippen LogP contribution in [0.1, 0.15) is 23.6 Å². The fourth-order valence-corrected chi connectivity index (χ4v) is 2.22. The number of ether oxygens (including phenoxy) is 1. The second kappa shape index (κ2) is 8.02. The predicted octanol–water partition coefficient (Wildman–Crippen LogP) is 3.95. The molecule has 0 aromatic heterocycles. The van der Waals surface area contributed by atoms with E-state index in [4.69, 9.17) is 4.74 Å². The smallest absolute Gasteiger partial charge is 0.266 e. The highest BCUT2D eigenvalue weighted by Gasteiger charge is 2.11. The number of anilines is 1. The molecule has 25 heavy (non-hydrogen) atoms. The van der Waals surface area contributed by atoms with Gasteiger partial charge in [-0.05, 0) is 67.8 Å². The van der Waals surface area contributed by atoms with Gasteiger partial charge in [-0.3, -0.25) is 4.79 Å². The molecule has 1 amide bonds. The first kappa shape index (κ1) is 18.1. The van der Waals surface area contributed by atoms with E-state index in [1.807, 2.05) is 32.0 Å². The van der Waals surface area contributed by atoms with Crippen LogP contribution in [0.3, 0.4) is 0 Å². The second-order valence-corrected chi connectivity index (χ2v) is 5.58. The van der Waals surface area contributed by atoms with Crippen LogP contribution in [-0.2, 0) is 4.79 Å². The Morgan fingerprint density at radius 3 is 2.64 bits per heavy atom. The molecule has 0 aliphatic carbocycles. The summed E-state index contributed by atoms with van der Waals surface area (Å²) in [6, 6.07) is 12.1. The summed E-state index contributed by atoms with van der Waals surface area (Å²) in [5.41, 5.74) is 3.37. The van der Waals surface area contributed by atoms with Crippen LogP contribution in [0, 0.1) is 25.2 Å². The average molecular weight is 336 g/mol. The van der Waals surface area contributed by atoms with Gasteiger partial charge < -0.3 is 15.2 Å². The van der Waals surface area contributed by atoms with Crippen molar-refractivity contribution in [2.24, 2.45) is 0 Å². The zero-order valence-electron chi connectivity index (χ0n) is 14.5. The first-order chi connectivity index (χ1) is 11.9. The summed E-state index contributed by atoms with van der Waals surface area (Å²) in [5.74, 6) is -0.169. The van der Waals surface area contributed by atoms with Crippen LogP contribution in [0.15, 0.2) is 42.0 Å². The van der Waals surface area contributed by atoms with E-state index in [1.165, 1.54) is 12.1 Å². The molecule has 128 valence electrons. The van der Waals surface area contributed by atoms with Crippen molar-refractivity contribution in [1.29, 1.82) is 5.26 Å². The first-order valence-corrected chi connectivity index (χ1v) is 7.90. The molecule has 0 aliphatic heterocycles. The van der Waals surface area contributed by atoms with E-state index in [9.17, 15) is 15.2 Å². The number of benzene rings is 2. The zero-order chi connectivity index (χ0) is 18.4. The third-order valence-corrected chi connectivity index (χ3v) is 3.72. The molecule has 5 heteroatoms. The number of aromatic hydroxyl groups is 1. The molecule has 0 bridgehead atoms. The Morgan fingerprint density at radius 2 is 2.00 bits per heavy atom. The maximum Gasteiger partial charge on any atom is 0.266 e. The molecule has 0 unspecified atom stereocenters. The number of phenols is 1. The van der Waals surface area contributed by atoms with E-state index in [-0.39, 0.29) is 11.3 Å². The summed E-state index contributed by atoms with van der Waals surface area (Å²) in [5, 5.41) is 21.7. The quantitative estimate of drug-likeness (QED) is 0.640. The molecule has 0 aliphatic rings. The summed E-state index contributed by atoms with van der Waals surface area (Å²) in [6.07, 6.45) is 1.46. The van der Waals surface area contributed by atoms with Crippen molar-refractivity contribution in [3.05, 3.63) is 58.7 Å². The van der Waals surface area contributed by atoms with E-state index < -0.39 is 5.91 Å². The Morgan fingerprint density at radius 1 is 1.24 bits per heavy atom. The number of nitrogens with one attached hydrogen (secondary N) is 1. The van der Waals surface area contributed by atoms with Crippen LogP contribution in [0.4, 0.5) is 5.69 Å². The SMILES string of the molecule is CCOc1cc(/C=C(\C#N)C(=O)Nc2ccc(C)c(C)c2)ccc1O. The lowest BCUT2D eigenvalue weighted by atomic mass is 10.1. The van der Waals surface area contributed by atoms with E-state index in [2.05, 4.69) is 5.32 Å². The maximum atomic E-state index is 12.3. The number of amides is 1. The minimum atomic E-state index is -0.489. The summed E-state index contributed by atoms with van der Waals surface area (Å²) >= 11 is 0. The molecule has 0 spiro atoms. The Labute approximate surface area is 147 Å². The number of hydrogen-bond donors (Lipinski definition) is 2. The topological polar surface area (TPSA) is 82.3 Å². The number of rotatable bonds is 5. The lowest BCUT2D eigenvalue weighted by Gasteiger charge is -2.08. The summed E-state index contributed by atoms with van der Waals surface area (Å²) < 4.78 is 5.31. The third kappa shape index (κ3) is 4.61. The Bertz CT molecular complexity index is 864. The van der Waals surface area contributed by atoms with Crippen LogP contribution in [0.25, 0.3) is 6.08 Å². The third-order valence-electron chi connectivity index (χ3n) is 3.72. The Kier molecular flexibility index (Phi) is 5.80. The molecule has 5 nitrogen and oxygen atoms in total. The van der Waals surface area contributed by atoms with Gasteiger partial charge in [-0.1, -0.05) is 12.1 Å². The van der Waals surface area contributed by atoms with Crippen LogP contribution >= 0.6 is 0 Å². The van der Waals surface area contributed by atoms with Gasteiger partial charge in [0.15, 0.2) is 11.5 Å². The summed E-state index contributed by atoms with van der Waals surface area (Å²) in [4.78, 5) is 12.3. The minimum Gasteiger partial charge on any atom is -0.504 e. The highest BCUT2D eigenvalue weighted by Crippen LogP contribution is 2.27. The van der Waals surface area contributed by atoms with E-state index >= 15 is 0 Å². The number of hydrogen-bond acceptors (Lipinski definition) is 4. The number of carbonyl (C=O) groups excluding carboxylic acids is 1. The van der Waals surface area contributed by atoms with Crippen molar-refractivity contribution >= 4 is 17.7 Å². The predicted molar refractivity (Wildman–Crippen MR) is 97.4 cm³/mol. The van der Waals surface area contributed by atoms with Gasteiger partial charge in [0, 0.05) is 5.69 Å². The van der Waals surface area contributed by atoms with Crippen LogP contribution in [0.5, 0.6) is 11.5 Å². The molecule has 2 aromatic carbocycles. The average Bonchev–Trinajstić information content (AvgIpc) is 2.58. The van der Waals surface area contributed by atoms with Gasteiger partial charge in [-0.15, -0.1) is 0 Å². The number of carbonyl (C=O) groups is 1. The normalized spacial score (nSPS) is 10.9. The monoisotopic (exact) mass is 336 g/mol. The highest BCUT2D eigenvalue weighted by atomic mass is 16.5. The molecule has 2 aromatic rings. The van der Waals surface area contributed by atoms with E-state index in [0.717, 1.165) is 11.1 Å². The number of aryl methyl sites for hydroxylation is 2. The molecule has 0 fully saturated rings. The maximum absolute atomic E-state index is 12.3. The number of nitriles is 1. The fraction of sp³-hybridized carbons (Fsp3) is 0.200. The highest BCUT2D eigenvalue weighted by molar-refractivity contribution is 6.09. The largest absolute Gasteiger partial charge is 0.504 e. The zero-order valence-corrected chi connectivity index (χ0v) is 14.5. The van der Waals surface area contributed by atoms with Crippen LogP contribution in [-0.4, -0.2) is 17.6 Å². The van der Waals surface area contributed by atoms with Crippen LogP contribution in [0.2, 0.25) is 0 Å². The Hall–Kier alpha value is -3.26. The summed E-state index contributed by atoms with van der Waals surface area (Å²) in [7, 11) is 0. The van der Waals surface area contributed by atoms with Gasteiger partial charge in [-0.2, -0.15) is 5.26 Å². The van der Waals surface area contributed by atoms with E-state index in [1.54, 1.807) is 25.1 Å². The molecule has 0 heterocycles. The van der Waals surface area contributed by atoms with Gasteiger partial charge >= 0.3 is 0 Å². The molecule has 0 atom stereocenters. The lowest BCUT2D eigenvalue weighted by molar-refractivity contribution is -0.112. The Balaban J connectivity index is 2.24. The van der Waals surface area contributed by atoms with Gasteiger partial charge in [0.1, 0.15) is 11.6 Å². The van der Waals surface area contributed by atoms with Crippen molar-refractivity contribution in [3.63, 3.8) is 0 Å². The second-order valence-electron chi connectivity index (χ2n) is 5.58. The molecule has 0 saturated carbocycles. The van der Waals surface area contributed by atoms with Crippen molar-refractivity contribution in [2.75, 3.05) is 11.9 Å². The van der Waals surface area contributed by atoms with Crippen molar-refractivity contribution in [2.45, 2.75) is 20.8 Å². The molecular formula is C20H20N2O3. The lowest BCUT2D eigenvalue weighted by Crippen LogP contribution is -2.13. The van der Waals surface area contributed by atoms with Crippen molar-refractivity contribution in [1.82, 2.24) is 0 Å². The van der Waals surface area contributed by atoms with Crippen LogP contribution < -0.4 is 10.1 Å². The number of phenolic OH excluding ortho intramolecular Hbond substituents is 1. The van der Waals surface area contributed by atoms with E-state index in [0.29, 0.717) is 23.6 Å². The van der Waals surface area contributed by atoms with Crippen molar-refractivity contribution < 1.29 is 14.6 Å². The summed E-state index contributed by atoms with van der Waals surface area (Å²) in [6.45, 7) is 6.15. The van der Waals surface area contributed by atoms with Gasteiger partial charge in [0.2, 0.25) is 0 Å². The minimum absolute atomic E-state index is 0.0112. The molecule has 0 radical (unpaired) electrons.